The zero-order chi connectivity index (χ0) is 25.8. The molecule has 3 aromatic rings. The molecule has 0 saturated carbocycles. The number of thioether (sulfide) groups is 1. The van der Waals surface area contributed by atoms with Crippen LogP contribution in [-0.2, 0) is 16.0 Å². The van der Waals surface area contributed by atoms with Gasteiger partial charge in [0.05, 0.1) is 5.25 Å². The van der Waals surface area contributed by atoms with E-state index in [1.54, 1.807) is 30.3 Å². The molecule has 1 fully saturated rings. The molecule has 1 aliphatic heterocycles. The van der Waals surface area contributed by atoms with Crippen LogP contribution in [0.2, 0.25) is 0 Å². The summed E-state index contributed by atoms with van der Waals surface area (Å²) in [6.45, 7) is 6.01. The number of benzene rings is 3. The molecule has 1 aliphatic rings. The molecule has 1 saturated heterocycles. The molecule has 0 bridgehead atoms. The van der Waals surface area contributed by atoms with Crippen molar-refractivity contribution in [2.24, 2.45) is 0 Å². The van der Waals surface area contributed by atoms with E-state index in [-0.39, 0.29) is 22.9 Å². The van der Waals surface area contributed by atoms with Crippen molar-refractivity contribution < 1.29 is 14.0 Å². The van der Waals surface area contributed by atoms with Crippen LogP contribution in [0.5, 0.6) is 0 Å². The standard InChI is InChI=1S/C29H26FN3O2S/c1-18(2)20-12-14-22(15-13-20)33-28(35)26(16-21-9-5-6-10-24(21)30)36-29(33)23(17-31)27(34)32-25-11-7-4-8-19(25)3/h4-15,18,26H,16H2,1-3H3,(H,32,34)/b29-23-. The zero-order valence-electron chi connectivity index (χ0n) is 20.3. The van der Waals surface area contributed by atoms with Crippen molar-refractivity contribution in [1.29, 1.82) is 5.26 Å². The van der Waals surface area contributed by atoms with Gasteiger partial charge in [0.25, 0.3) is 5.91 Å². The van der Waals surface area contributed by atoms with Gasteiger partial charge in [-0.3, -0.25) is 14.5 Å². The van der Waals surface area contributed by atoms with E-state index in [4.69, 9.17) is 0 Å². The molecule has 0 aromatic heterocycles. The monoisotopic (exact) mass is 499 g/mol. The quantitative estimate of drug-likeness (QED) is 0.318. The van der Waals surface area contributed by atoms with Crippen LogP contribution >= 0.6 is 11.8 Å². The van der Waals surface area contributed by atoms with E-state index in [0.717, 1.165) is 22.9 Å². The van der Waals surface area contributed by atoms with E-state index in [0.29, 0.717) is 22.9 Å². The number of aryl methyl sites for hydroxylation is 1. The van der Waals surface area contributed by atoms with E-state index in [9.17, 15) is 19.2 Å². The number of carbonyl (C=O) groups is 2. The molecule has 5 nitrogen and oxygen atoms in total. The summed E-state index contributed by atoms with van der Waals surface area (Å²) in [4.78, 5) is 28.3. The number of halogens is 1. The second-order valence-electron chi connectivity index (χ2n) is 8.88. The molecular formula is C29H26FN3O2S. The number of nitrogens with one attached hydrogen (secondary N) is 1. The summed E-state index contributed by atoms with van der Waals surface area (Å²) in [5, 5.41) is 12.4. The first-order valence-corrected chi connectivity index (χ1v) is 12.5. The third kappa shape index (κ3) is 5.19. The summed E-state index contributed by atoms with van der Waals surface area (Å²) in [5.41, 5.74) is 3.33. The average Bonchev–Trinajstić information content (AvgIpc) is 3.17. The van der Waals surface area contributed by atoms with Gasteiger partial charge in [-0.05, 0) is 60.2 Å². The van der Waals surface area contributed by atoms with Gasteiger partial charge in [0.15, 0.2) is 0 Å². The van der Waals surface area contributed by atoms with Crippen LogP contribution in [0.1, 0.15) is 36.5 Å². The fraction of sp³-hybridized carbons (Fsp3) is 0.207. The Morgan fingerprint density at radius 2 is 1.75 bits per heavy atom. The highest BCUT2D eigenvalue weighted by atomic mass is 32.2. The van der Waals surface area contributed by atoms with Crippen LogP contribution in [-0.4, -0.2) is 17.1 Å². The molecule has 2 amide bonds. The van der Waals surface area contributed by atoms with Crippen molar-refractivity contribution in [2.75, 3.05) is 10.2 Å². The lowest BCUT2D eigenvalue weighted by atomic mass is 10.0. The molecule has 36 heavy (non-hydrogen) atoms. The Bertz CT molecular complexity index is 1380. The van der Waals surface area contributed by atoms with Gasteiger partial charge in [-0.25, -0.2) is 4.39 Å². The van der Waals surface area contributed by atoms with Gasteiger partial charge in [0.2, 0.25) is 5.91 Å². The third-order valence-electron chi connectivity index (χ3n) is 6.08. The molecule has 4 rings (SSSR count). The summed E-state index contributed by atoms with van der Waals surface area (Å²) in [6, 6.07) is 23.1. The van der Waals surface area contributed by atoms with Crippen LogP contribution in [0.25, 0.3) is 0 Å². The van der Waals surface area contributed by atoms with Crippen molar-refractivity contribution in [2.45, 2.75) is 38.4 Å². The minimum atomic E-state index is -0.684. The number of anilines is 2. The van der Waals surface area contributed by atoms with Gasteiger partial charge >= 0.3 is 0 Å². The first kappa shape index (κ1) is 25.2. The van der Waals surface area contributed by atoms with Gasteiger partial charge in [0.1, 0.15) is 22.5 Å². The molecule has 7 heteroatoms. The fourth-order valence-corrected chi connectivity index (χ4v) is 5.29. The van der Waals surface area contributed by atoms with Crippen molar-refractivity contribution in [3.8, 4) is 6.07 Å². The molecule has 1 unspecified atom stereocenters. The van der Waals surface area contributed by atoms with Crippen molar-refractivity contribution in [1.82, 2.24) is 0 Å². The van der Waals surface area contributed by atoms with Crippen LogP contribution < -0.4 is 10.2 Å². The Morgan fingerprint density at radius 1 is 1.08 bits per heavy atom. The maximum Gasteiger partial charge on any atom is 0.269 e. The number of rotatable bonds is 6. The average molecular weight is 500 g/mol. The minimum absolute atomic E-state index is 0.137. The highest BCUT2D eigenvalue weighted by Gasteiger charge is 2.41. The fourth-order valence-electron chi connectivity index (χ4n) is 3.99. The zero-order valence-corrected chi connectivity index (χ0v) is 21.1. The molecule has 182 valence electrons. The number of carbonyl (C=O) groups excluding carboxylic acids is 2. The maximum absolute atomic E-state index is 14.4. The van der Waals surface area contributed by atoms with Gasteiger partial charge in [-0.2, -0.15) is 5.26 Å². The summed E-state index contributed by atoms with van der Waals surface area (Å²) < 4.78 is 14.4. The topological polar surface area (TPSA) is 73.2 Å². The Balaban J connectivity index is 1.75. The maximum atomic E-state index is 14.4. The number of hydrogen-bond acceptors (Lipinski definition) is 4. The molecule has 0 aliphatic carbocycles. The number of nitrogens with zero attached hydrogens (tertiary/aromatic N) is 2. The minimum Gasteiger partial charge on any atom is -0.321 e. The molecule has 0 spiro atoms. The lowest BCUT2D eigenvalue weighted by Crippen LogP contribution is -2.31. The molecule has 1 atom stereocenters. The molecule has 1 heterocycles. The second-order valence-corrected chi connectivity index (χ2v) is 10.1. The Labute approximate surface area is 214 Å². The van der Waals surface area contributed by atoms with E-state index in [2.05, 4.69) is 19.2 Å². The third-order valence-corrected chi connectivity index (χ3v) is 7.34. The lowest BCUT2D eigenvalue weighted by Gasteiger charge is -2.19. The number of para-hydroxylation sites is 1. The van der Waals surface area contributed by atoms with E-state index < -0.39 is 17.0 Å². The predicted molar refractivity (Wildman–Crippen MR) is 142 cm³/mol. The Morgan fingerprint density at radius 3 is 2.39 bits per heavy atom. The normalized spacial score (nSPS) is 16.7. The summed E-state index contributed by atoms with van der Waals surface area (Å²) in [6.07, 6.45) is 0.137. The highest BCUT2D eigenvalue weighted by Crippen LogP contribution is 2.42. The van der Waals surface area contributed by atoms with Crippen molar-refractivity contribution in [3.63, 3.8) is 0 Å². The first-order chi connectivity index (χ1) is 17.3. The Kier molecular flexibility index (Phi) is 7.56. The summed E-state index contributed by atoms with van der Waals surface area (Å²) >= 11 is 1.12. The van der Waals surface area contributed by atoms with Gasteiger partial charge < -0.3 is 5.32 Å². The number of nitriles is 1. The molecular weight excluding hydrogens is 473 g/mol. The van der Waals surface area contributed by atoms with Gasteiger partial charge in [0, 0.05) is 11.4 Å². The van der Waals surface area contributed by atoms with E-state index in [1.807, 2.05) is 49.4 Å². The smallest absolute Gasteiger partial charge is 0.269 e. The van der Waals surface area contributed by atoms with E-state index in [1.165, 1.54) is 11.0 Å². The lowest BCUT2D eigenvalue weighted by molar-refractivity contribution is -0.117. The SMILES string of the molecule is Cc1ccccc1NC(=O)/C(C#N)=C1\SC(Cc2ccccc2F)C(=O)N1c1ccc(C(C)C)cc1. The molecule has 3 aromatic carbocycles. The summed E-state index contributed by atoms with van der Waals surface area (Å²) in [5.74, 6) is -0.987. The molecule has 1 N–H and O–H groups in total. The first-order valence-electron chi connectivity index (χ1n) is 11.7. The number of hydrogen-bond donors (Lipinski definition) is 1. The van der Waals surface area contributed by atoms with Crippen molar-refractivity contribution in [3.05, 3.63) is 106 Å². The van der Waals surface area contributed by atoms with E-state index >= 15 is 0 Å². The Hall–Kier alpha value is -3.89. The highest BCUT2D eigenvalue weighted by molar-refractivity contribution is 8.05. The van der Waals surface area contributed by atoms with Crippen LogP contribution in [0, 0.1) is 24.1 Å². The van der Waals surface area contributed by atoms with Crippen LogP contribution in [0.15, 0.2) is 83.4 Å². The second kappa shape index (κ2) is 10.8. The summed E-state index contributed by atoms with van der Waals surface area (Å²) in [7, 11) is 0. The predicted octanol–water partition coefficient (Wildman–Crippen LogP) is 6.32. The largest absolute Gasteiger partial charge is 0.321 e. The van der Waals surface area contributed by atoms with Gasteiger partial charge in [-0.1, -0.05) is 74.1 Å². The number of amides is 2. The van der Waals surface area contributed by atoms with Crippen LogP contribution in [0.4, 0.5) is 15.8 Å². The molecule has 0 radical (unpaired) electrons. The van der Waals surface area contributed by atoms with Crippen LogP contribution in [0.3, 0.4) is 0 Å². The van der Waals surface area contributed by atoms with Gasteiger partial charge in [-0.15, -0.1) is 0 Å². The van der Waals surface area contributed by atoms with Crippen molar-refractivity contribution >= 4 is 35.0 Å².